The smallest absolute Gasteiger partial charge is 0.298 e. The van der Waals surface area contributed by atoms with Gasteiger partial charge in [-0.25, -0.2) is 0 Å². The summed E-state index contributed by atoms with van der Waals surface area (Å²) in [5, 5.41) is 11.3. The number of amides is 1. The van der Waals surface area contributed by atoms with E-state index in [1.54, 1.807) is 4.90 Å². The third kappa shape index (κ3) is 2.53. The Kier molecular flexibility index (Phi) is 4.12. The number of piperidine rings is 1. The minimum atomic E-state index is -1.17. The number of nitro groups is 1. The normalized spacial score (nSPS) is 37.9. The van der Waals surface area contributed by atoms with E-state index in [-0.39, 0.29) is 24.0 Å². The van der Waals surface area contributed by atoms with Crippen molar-refractivity contribution in [1.29, 1.82) is 0 Å². The Morgan fingerprint density at radius 1 is 1.38 bits per heavy atom. The molecule has 0 spiro atoms. The molecule has 21 heavy (non-hydrogen) atoms. The highest BCUT2D eigenvalue weighted by molar-refractivity contribution is 5.82. The summed E-state index contributed by atoms with van der Waals surface area (Å²) >= 11 is 0. The van der Waals surface area contributed by atoms with Gasteiger partial charge in [0.2, 0.25) is 0 Å². The van der Waals surface area contributed by atoms with Gasteiger partial charge >= 0.3 is 0 Å². The first kappa shape index (κ1) is 14.7. The predicted molar refractivity (Wildman–Crippen MR) is 73.1 cm³/mol. The Hall–Kier alpha value is -1.21. The number of unbranched alkanes of at least 4 members (excludes halogenated alkanes) is 3. The number of hydrogen-bond donors (Lipinski definition) is 0. The number of hydrogen-bond acceptors (Lipinski definition) is 5. The molecule has 3 aliphatic rings. The molecule has 7 nitrogen and oxygen atoms in total. The molecule has 3 fully saturated rings. The van der Waals surface area contributed by atoms with Gasteiger partial charge in [0.15, 0.2) is 6.29 Å². The molecule has 0 aromatic rings. The molecule has 0 N–H and O–H groups in total. The van der Waals surface area contributed by atoms with Gasteiger partial charge in [-0.3, -0.25) is 14.9 Å². The quantitative estimate of drug-likeness (QED) is 0.418. The molecule has 0 aromatic heterocycles. The molecule has 5 unspecified atom stereocenters. The largest absolute Gasteiger partial charge is 0.348 e. The number of carbonyl (C=O) groups is 1. The van der Waals surface area contributed by atoms with Crippen LogP contribution in [0.3, 0.4) is 0 Å². The van der Waals surface area contributed by atoms with Gasteiger partial charge in [0.1, 0.15) is 0 Å². The first-order valence-electron chi connectivity index (χ1n) is 7.84. The standard InChI is InChI=1S/C14H22N2O5/c1-2-3-4-5-6-15-10-7-9(11-8-20-14(10)21-11)12(13(15)17)16(18)19/h9-12,14H,2-8H2,1H3. The van der Waals surface area contributed by atoms with Crippen LogP contribution >= 0.6 is 0 Å². The van der Waals surface area contributed by atoms with Crippen LogP contribution in [0.2, 0.25) is 0 Å². The molecule has 5 atom stereocenters. The van der Waals surface area contributed by atoms with Crippen molar-refractivity contribution in [3.63, 3.8) is 0 Å². The number of carbonyl (C=O) groups excluding carboxylic acids is 1. The lowest BCUT2D eigenvalue weighted by Crippen LogP contribution is -2.64. The highest BCUT2D eigenvalue weighted by atomic mass is 16.7. The zero-order chi connectivity index (χ0) is 15.0. The minimum Gasteiger partial charge on any atom is -0.348 e. The summed E-state index contributed by atoms with van der Waals surface area (Å²) in [6, 6.07) is -1.32. The summed E-state index contributed by atoms with van der Waals surface area (Å²) < 4.78 is 11.3. The van der Waals surface area contributed by atoms with Crippen molar-refractivity contribution in [3.05, 3.63) is 10.1 Å². The van der Waals surface area contributed by atoms with Gasteiger partial charge < -0.3 is 14.4 Å². The second-order valence-corrected chi connectivity index (χ2v) is 6.17. The Bertz CT molecular complexity index is 430. The molecular weight excluding hydrogens is 276 g/mol. The van der Waals surface area contributed by atoms with Gasteiger partial charge in [-0.15, -0.1) is 0 Å². The van der Waals surface area contributed by atoms with Gasteiger partial charge in [0, 0.05) is 11.5 Å². The van der Waals surface area contributed by atoms with Crippen LogP contribution in [0.5, 0.6) is 0 Å². The molecule has 3 heterocycles. The topological polar surface area (TPSA) is 81.9 Å². The lowest BCUT2D eigenvalue weighted by atomic mass is 9.81. The first-order chi connectivity index (χ1) is 10.1. The van der Waals surface area contributed by atoms with E-state index in [1.165, 1.54) is 0 Å². The summed E-state index contributed by atoms with van der Waals surface area (Å²) in [4.78, 5) is 25.1. The number of nitrogens with zero attached hydrogens (tertiary/aromatic N) is 2. The SMILES string of the molecule is CCCCCCN1C(=O)C([N+](=O)[O-])C2CC1C1OCC2O1. The molecule has 7 heteroatoms. The fraction of sp³-hybridized carbons (Fsp3) is 0.929. The predicted octanol–water partition coefficient (Wildman–Crippen LogP) is 1.18. The number of fused-ring (bicyclic) bond motifs is 6. The van der Waals surface area contributed by atoms with Crippen LogP contribution in [0.15, 0.2) is 0 Å². The maximum absolute atomic E-state index is 12.5. The molecular formula is C14H22N2O5. The van der Waals surface area contributed by atoms with Crippen molar-refractivity contribution >= 4 is 5.91 Å². The van der Waals surface area contributed by atoms with Gasteiger partial charge in [0.25, 0.3) is 11.9 Å². The van der Waals surface area contributed by atoms with Crippen LogP contribution in [0.25, 0.3) is 0 Å². The van der Waals surface area contributed by atoms with Crippen molar-refractivity contribution in [2.24, 2.45) is 5.92 Å². The zero-order valence-corrected chi connectivity index (χ0v) is 12.3. The van der Waals surface area contributed by atoms with E-state index in [4.69, 9.17) is 9.47 Å². The van der Waals surface area contributed by atoms with Crippen LogP contribution in [-0.2, 0) is 14.3 Å². The number of rotatable bonds is 6. The van der Waals surface area contributed by atoms with Gasteiger partial charge in [-0.1, -0.05) is 26.2 Å². The maximum atomic E-state index is 12.5. The van der Waals surface area contributed by atoms with E-state index < -0.39 is 17.3 Å². The van der Waals surface area contributed by atoms with Crippen molar-refractivity contribution in [1.82, 2.24) is 4.90 Å². The first-order valence-corrected chi connectivity index (χ1v) is 7.84. The number of likely N-dealkylation sites (tertiary alicyclic amines) is 1. The average Bonchev–Trinajstić information content (AvgIpc) is 2.88. The van der Waals surface area contributed by atoms with Crippen LogP contribution in [-0.4, -0.2) is 53.4 Å². The summed E-state index contributed by atoms with van der Waals surface area (Å²) in [5.74, 6) is -0.690. The molecule has 0 saturated carbocycles. The van der Waals surface area contributed by atoms with E-state index in [0.29, 0.717) is 19.6 Å². The average molecular weight is 298 g/mol. The van der Waals surface area contributed by atoms with Crippen molar-refractivity contribution in [2.45, 2.75) is 63.5 Å². The molecule has 3 saturated heterocycles. The minimum absolute atomic E-state index is 0.154. The molecule has 0 aromatic carbocycles. The Morgan fingerprint density at radius 3 is 2.90 bits per heavy atom. The Labute approximate surface area is 123 Å². The molecule has 0 radical (unpaired) electrons. The molecule has 0 aliphatic carbocycles. The molecule has 4 bridgehead atoms. The Morgan fingerprint density at radius 2 is 2.19 bits per heavy atom. The summed E-state index contributed by atoms with van der Waals surface area (Å²) in [5.41, 5.74) is 0. The maximum Gasteiger partial charge on any atom is 0.298 e. The van der Waals surface area contributed by atoms with Crippen molar-refractivity contribution < 1.29 is 19.2 Å². The zero-order valence-electron chi connectivity index (χ0n) is 12.3. The van der Waals surface area contributed by atoms with Gasteiger partial charge in [0.05, 0.1) is 24.7 Å². The molecule has 3 rings (SSSR count). The van der Waals surface area contributed by atoms with Crippen LogP contribution in [0, 0.1) is 16.0 Å². The lowest BCUT2D eigenvalue weighted by molar-refractivity contribution is -0.525. The van der Waals surface area contributed by atoms with Crippen LogP contribution < -0.4 is 0 Å². The fourth-order valence-corrected chi connectivity index (χ4v) is 3.76. The Balaban J connectivity index is 1.75. The highest BCUT2D eigenvalue weighted by Gasteiger charge is 2.60. The third-order valence-electron chi connectivity index (χ3n) is 4.86. The van der Waals surface area contributed by atoms with Gasteiger partial charge in [-0.2, -0.15) is 0 Å². The second kappa shape index (κ2) is 5.88. The molecule has 1 amide bonds. The van der Waals surface area contributed by atoms with E-state index in [0.717, 1.165) is 25.7 Å². The van der Waals surface area contributed by atoms with Crippen molar-refractivity contribution in [2.75, 3.05) is 13.2 Å². The van der Waals surface area contributed by atoms with Crippen LogP contribution in [0.4, 0.5) is 0 Å². The molecule has 118 valence electrons. The highest BCUT2D eigenvalue weighted by Crippen LogP contribution is 2.41. The van der Waals surface area contributed by atoms with E-state index in [9.17, 15) is 14.9 Å². The monoisotopic (exact) mass is 298 g/mol. The van der Waals surface area contributed by atoms with Crippen molar-refractivity contribution in [3.8, 4) is 0 Å². The van der Waals surface area contributed by atoms with E-state index in [2.05, 4.69) is 6.92 Å². The van der Waals surface area contributed by atoms with E-state index >= 15 is 0 Å². The summed E-state index contributed by atoms with van der Waals surface area (Å²) in [6.45, 7) is 3.06. The van der Waals surface area contributed by atoms with E-state index in [1.807, 2.05) is 0 Å². The second-order valence-electron chi connectivity index (χ2n) is 6.17. The molecule has 3 aliphatic heterocycles. The lowest BCUT2D eigenvalue weighted by Gasteiger charge is -2.45. The summed E-state index contributed by atoms with van der Waals surface area (Å²) in [6.07, 6.45) is 4.08. The third-order valence-corrected chi connectivity index (χ3v) is 4.86. The number of ether oxygens (including phenoxy) is 2. The fourth-order valence-electron chi connectivity index (χ4n) is 3.76. The summed E-state index contributed by atoms with van der Waals surface area (Å²) in [7, 11) is 0. The van der Waals surface area contributed by atoms with Gasteiger partial charge in [-0.05, 0) is 12.8 Å². The van der Waals surface area contributed by atoms with Crippen LogP contribution in [0.1, 0.15) is 39.0 Å².